The van der Waals surface area contributed by atoms with Crippen molar-refractivity contribution in [1.29, 1.82) is 0 Å². The van der Waals surface area contributed by atoms with Gasteiger partial charge in [-0.3, -0.25) is 9.59 Å². The molecule has 0 aromatic heterocycles. The van der Waals surface area contributed by atoms with Crippen LogP contribution in [0.15, 0.2) is 60.8 Å². The standard InChI is InChI=1S/C55H99NO5/c1-4-7-10-13-16-19-21-23-25-26-27-29-31-33-36-39-42-45-48-55(60)61-51(46-43-40-37-35-32-30-28-24-22-20-17-14-11-8-5-2)49-54(59)56-52(50-57)53(58)47-44-41-38-34-18-15-12-9-6-3/h10,13,16,19,21,23,25-27,29,51-53,57-58H,4-9,11-12,14-15,17-18,20,22,24,28,30-50H2,1-3H3,(H,56,59)/b13-10+,19-16+,23-21+,26-25+,29-27+. The van der Waals surface area contributed by atoms with E-state index in [2.05, 4.69) is 62.5 Å². The molecule has 0 saturated carbocycles. The molecule has 1 amide bonds. The molecule has 3 N–H and O–H groups in total. The summed E-state index contributed by atoms with van der Waals surface area (Å²) in [7, 11) is 0. The first-order valence-corrected chi connectivity index (χ1v) is 26.1. The molecule has 61 heavy (non-hydrogen) atoms. The molecular formula is C55H99NO5. The van der Waals surface area contributed by atoms with Crippen LogP contribution in [0.3, 0.4) is 0 Å². The summed E-state index contributed by atoms with van der Waals surface area (Å²) in [5.41, 5.74) is 0. The Balaban J connectivity index is 4.61. The molecule has 0 radical (unpaired) electrons. The van der Waals surface area contributed by atoms with Crippen LogP contribution in [0.1, 0.15) is 252 Å². The van der Waals surface area contributed by atoms with Crippen LogP contribution in [0.4, 0.5) is 0 Å². The Bertz CT molecular complexity index is 1090. The van der Waals surface area contributed by atoms with Gasteiger partial charge < -0.3 is 20.3 Å². The smallest absolute Gasteiger partial charge is 0.306 e. The molecule has 0 spiro atoms. The monoisotopic (exact) mass is 854 g/mol. The van der Waals surface area contributed by atoms with Gasteiger partial charge in [0.15, 0.2) is 0 Å². The van der Waals surface area contributed by atoms with Crippen LogP contribution in [0, 0.1) is 0 Å². The molecule has 354 valence electrons. The zero-order valence-electron chi connectivity index (χ0n) is 40.3. The second kappa shape index (κ2) is 48.6. The van der Waals surface area contributed by atoms with Crippen molar-refractivity contribution in [3.63, 3.8) is 0 Å². The van der Waals surface area contributed by atoms with E-state index >= 15 is 0 Å². The van der Waals surface area contributed by atoms with Crippen molar-refractivity contribution in [3.05, 3.63) is 60.8 Å². The van der Waals surface area contributed by atoms with Crippen LogP contribution in [-0.4, -0.2) is 46.9 Å². The molecule has 0 aromatic rings. The number of aliphatic hydroxyl groups excluding tert-OH is 2. The molecule has 0 rings (SSSR count). The number of esters is 1. The second-order valence-electron chi connectivity index (χ2n) is 17.7. The molecule has 6 nitrogen and oxygen atoms in total. The van der Waals surface area contributed by atoms with Gasteiger partial charge in [0.2, 0.25) is 5.91 Å². The lowest BCUT2D eigenvalue weighted by molar-refractivity contribution is -0.151. The van der Waals surface area contributed by atoms with E-state index in [4.69, 9.17) is 4.74 Å². The Labute approximate surface area is 378 Å². The van der Waals surface area contributed by atoms with Gasteiger partial charge in [-0.15, -0.1) is 0 Å². The predicted octanol–water partition coefficient (Wildman–Crippen LogP) is 15.6. The van der Waals surface area contributed by atoms with Gasteiger partial charge in [-0.25, -0.2) is 0 Å². The first kappa shape index (κ1) is 58.6. The van der Waals surface area contributed by atoms with Gasteiger partial charge in [-0.05, 0) is 44.9 Å². The van der Waals surface area contributed by atoms with Crippen molar-refractivity contribution in [2.45, 2.75) is 270 Å². The lowest BCUT2D eigenvalue weighted by Crippen LogP contribution is -2.46. The van der Waals surface area contributed by atoms with Gasteiger partial charge in [0.25, 0.3) is 0 Å². The van der Waals surface area contributed by atoms with Crippen LogP contribution in [0.2, 0.25) is 0 Å². The fourth-order valence-electron chi connectivity index (χ4n) is 7.76. The summed E-state index contributed by atoms with van der Waals surface area (Å²) in [5.74, 6) is -0.497. The molecule has 0 aliphatic heterocycles. The molecule has 0 aliphatic rings. The number of amides is 1. The lowest BCUT2D eigenvalue weighted by Gasteiger charge is -2.24. The Morgan fingerprint density at radius 1 is 0.475 bits per heavy atom. The molecule has 0 fully saturated rings. The van der Waals surface area contributed by atoms with Crippen molar-refractivity contribution in [2.24, 2.45) is 0 Å². The van der Waals surface area contributed by atoms with Gasteiger partial charge >= 0.3 is 5.97 Å². The molecule has 0 aliphatic carbocycles. The molecule has 3 atom stereocenters. The number of nitrogens with one attached hydrogen (secondary N) is 1. The van der Waals surface area contributed by atoms with Crippen LogP contribution in [-0.2, 0) is 14.3 Å². The second-order valence-corrected chi connectivity index (χ2v) is 17.7. The summed E-state index contributed by atoms with van der Waals surface area (Å²) in [4.78, 5) is 26.1. The SMILES string of the molecule is CCC/C=C/C=C/C=C/C=C/C=C/CCCCCCCC(=O)OC(CCCCCCCCCCCCCCCCC)CC(=O)NC(CO)C(O)CCCCCCCCCCC. The normalized spacial score (nSPS) is 13.7. The van der Waals surface area contributed by atoms with E-state index in [1.807, 2.05) is 24.3 Å². The Morgan fingerprint density at radius 3 is 1.33 bits per heavy atom. The maximum absolute atomic E-state index is 13.2. The quantitative estimate of drug-likeness (QED) is 0.0322. The van der Waals surface area contributed by atoms with E-state index in [0.29, 0.717) is 19.3 Å². The first-order valence-electron chi connectivity index (χ1n) is 26.1. The third-order valence-electron chi connectivity index (χ3n) is 11.7. The minimum Gasteiger partial charge on any atom is -0.462 e. The van der Waals surface area contributed by atoms with Gasteiger partial charge in [0.05, 0.1) is 25.2 Å². The Kier molecular flexibility index (Phi) is 46.6. The summed E-state index contributed by atoms with van der Waals surface area (Å²) >= 11 is 0. The molecule has 6 heteroatoms. The van der Waals surface area contributed by atoms with E-state index in [1.54, 1.807) is 0 Å². The van der Waals surface area contributed by atoms with Crippen molar-refractivity contribution in [3.8, 4) is 0 Å². The van der Waals surface area contributed by atoms with Crippen molar-refractivity contribution >= 4 is 11.9 Å². The minimum atomic E-state index is -0.791. The number of hydrogen-bond donors (Lipinski definition) is 3. The third-order valence-corrected chi connectivity index (χ3v) is 11.7. The zero-order chi connectivity index (χ0) is 44.5. The largest absolute Gasteiger partial charge is 0.462 e. The molecule has 3 unspecified atom stereocenters. The number of aliphatic hydroxyl groups is 2. The average Bonchev–Trinajstić information content (AvgIpc) is 3.25. The number of rotatable bonds is 46. The average molecular weight is 854 g/mol. The van der Waals surface area contributed by atoms with Gasteiger partial charge in [0, 0.05) is 6.42 Å². The Morgan fingerprint density at radius 2 is 0.869 bits per heavy atom. The fourth-order valence-corrected chi connectivity index (χ4v) is 7.76. The van der Waals surface area contributed by atoms with E-state index < -0.39 is 18.2 Å². The van der Waals surface area contributed by atoms with E-state index in [1.165, 1.54) is 128 Å². The zero-order valence-corrected chi connectivity index (χ0v) is 40.3. The van der Waals surface area contributed by atoms with Gasteiger partial charge in [-0.1, -0.05) is 255 Å². The highest BCUT2D eigenvalue weighted by Gasteiger charge is 2.24. The molecule has 0 saturated heterocycles. The summed E-state index contributed by atoms with van der Waals surface area (Å²) in [6, 6.07) is -0.705. The van der Waals surface area contributed by atoms with Crippen molar-refractivity contribution in [1.82, 2.24) is 5.32 Å². The molecule has 0 bridgehead atoms. The van der Waals surface area contributed by atoms with Crippen molar-refractivity contribution < 1.29 is 24.5 Å². The lowest BCUT2D eigenvalue weighted by atomic mass is 10.0. The maximum atomic E-state index is 13.2. The number of allylic oxidation sites excluding steroid dienone is 10. The van der Waals surface area contributed by atoms with Crippen molar-refractivity contribution in [2.75, 3.05) is 6.61 Å². The number of carbonyl (C=O) groups excluding carboxylic acids is 2. The highest BCUT2D eigenvalue weighted by Crippen LogP contribution is 2.18. The predicted molar refractivity (Wildman–Crippen MR) is 264 cm³/mol. The number of ether oxygens (including phenoxy) is 1. The highest BCUT2D eigenvalue weighted by atomic mass is 16.5. The van der Waals surface area contributed by atoms with Crippen LogP contribution in [0.5, 0.6) is 0 Å². The Hall–Kier alpha value is -2.44. The van der Waals surface area contributed by atoms with E-state index in [-0.39, 0.29) is 24.9 Å². The fraction of sp³-hybridized carbons (Fsp3) is 0.782. The minimum absolute atomic E-state index is 0.0678. The molecular weight excluding hydrogens is 755 g/mol. The molecule has 0 heterocycles. The first-order chi connectivity index (χ1) is 30.0. The van der Waals surface area contributed by atoms with E-state index in [0.717, 1.165) is 77.0 Å². The van der Waals surface area contributed by atoms with Crippen LogP contribution >= 0.6 is 0 Å². The van der Waals surface area contributed by atoms with Gasteiger partial charge in [0.1, 0.15) is 6.10 Å². The number of carbonyl (C=O) groups is 2. The summed E-state index contributed by atoms with van der Waals surface area (Å²) in [6.07, 6.45) is 59.9. The third kappa shape index (κ3) is 44.0. The van der Waals surface area contributed by atoms with Gasteiger partial charge in [-0.2, -0.15) is 0 Å². The number of unbranched alkanes of at least 4 members (excludes halogenated alkanes) is 28. The van der Waals surface area contributed by atoms with Crippen LogP contribution < -0.4 is 5.32 Å². The maximum Gasteiger partial charge on any atom is 0.306 e. The number of hydrogen-bond acceptors (Lipinski definition) is 5. The van der Waals surface area contributed by atoms with E-state index in [9.17, 15) is 19.8 Å². The highest BCUT2D eigenvalue weighted by molar-refractivity contribution is 5.77. The summed E-state index contributed by atoms with van der Waals surface area (Å²) in [6.45, 7) is 6.38. The summed E-state index contributed by atoms with van der Waals surface area (Å²) in [5, 5.41) is 23.7. The van der Waals surface area contributed by atoms with Crippen LogP contribution in [0.25, 0.3) is 0 Å². The molecule has 0 aromatic carbocycles. The topological polar surface area (TPSA) is 95.9 Å². The summed E-state index contributed by atoms with van der Waals surface area (Å²) < 4.78 is 5.93.